The van der Waals surface area contributed by atoms with Gasteiger partial charge < -0.3 is 4.74 Å². The van der Waals surface area contributed by atoms with Crippen LogP contribution in [0, 0.1) is 13.8 Å². The highest BCUT2D eigenvalue weighted by molar-refractivity contribution is 5.85. The minimum atomic E-state index is 0. The Kier molecular flexibility index (Phi) is 5.53. The van der Waals surface area contributed by atoms with E-state index >= 15 is 0 Å². The van der Waals surface area contributed by atoms with Crippen molar-refractivity contribution >= 4 is 12.4 Å². The highest BCUT2D eigenvalue weighted by Crippen LogP contribution is 2.22. The van der Waals surface area contributed by atoms with E-state index in [-0.39, 0.29) is 12.4 Å². The van der Waals surface area contributed by atoms with Crippen LogP contribution >= 0.6 is 12.4 Å². The summed E-state index contributed by atoms with van der Waals surface area (Å²) >= 11 is 0. The molecule has 0 atom stereocenters. The molecule has 0 aromatic heterocycles. The van der Waals surface area contributed by atoms with E-state index in [4.69, 9.17) is 10.6 Å². The number of hydrazine groups is 1. The maximum atomic E-state index is 5.27. The molecule has 0 bridgehead atoms. The van der Waals surface area contributed by atoms with E-state index in [1.807, 2.05) is 13.0 Å². The molecule has 0 unspecified atom stereocenters. The zero-order chi connectivity index (χ0) is 9.84. The first-order valence-corrected chi connectivity index (χ1v) is 4.26. The number of aryl methyl sites for hydroxylation is 2. The van der Waals surface area contributed by atoms with Crippen LogP contribution in [-0.2, 0) is 6.54 Å². The van der Waals surface area contributed by atoms with Crippen molar-refractivity contribution in [2.75, 3.05) is 7.11 Å². The SMILES string of the molecule is COc1cc(C)c(CNN)cc1C.Cl. The van der Waals surface area contributed by atoms with Crippen LogP contribution in [0.5, 0.6) is 5.75 Å². The number of benzene rings is 1. The number of hydrogen-bond acceptors (Lipinski definition) is 3. The monoisotopic (exact) mass is 216 g/mol. The number of nitrogens with one attached hydrogen (secondary N) is 1. The molecule has 4 heteroatoms. The second kappa shape index (κ2) is 5.86. The quantitative estimate of drug-likeness (QED) is 0.597. The lowest BCUT2D eigenvalue weighted by Gasteiger charge is -2.10. The fraction of sp³-hybridized carbons (Fsp3) is 0.400. The number of rotatable bonds is 3. The third kappa shape index (κ3) is 2.87. The van der Waals surface area contributed by atoms with Crippen LogP contribution in [-0.4, -0.2) is 7.11 Å². The lowest BCUT2D eigenvalue weighted by Crippen LogP contribution is -2.21. The highest BCUT2D eigenvalue weighted by Gasteiger charge is 2.03. The van der Waals surface area contributed by atoms with E-state index in [9.17, 15) is 0 Å². The first-order chi connectivity index (χ1) is 6.19. The van der Waals surface area contributed by atoms with Crippen molar-refractivity contribution in [2.45, 2.75) is 20.4 Å². The van der Waals surface area contributed by atoms with E-state index in [1.165, 1.54) is 11.1 Å². The molecule has 1 aromatic carbocycles. The molecule has 0 heterocycles. The van der Waals surface area contributed by atoms with E-state index in [1.54, 1.807) is 7.11 Å². The lowest BCUT2D eigenvalue weighted by molar-refractivity contribution is 0.411. The van der Waals surface area contributed by atoms with Gasteiger partial charge in [0, 0.05) is 6.54 Å². The van der Waals surface area contributed by atoms with Gasteiger partial charge in [0.15, 0.2) is 0 Å². The Morgan fingerprint density at radius 2 is 1.93 bits per heavy atom. The molecular weight excluding hydrogens is 200 g/mol. The molecule has 0 amide bonds. The smallest absolute Gasteiger partial charge is 0.122 e. The number of hydrogen-bond donors (Lipinski definition) is 2. The van der Waals surface area contributed by atoms with Crippen LogP contribution in [0.1, 0.15) is 16.7 Å². The van der Waals surface area contributed by atoms with Crippen molar-refractivity contribution in [1.82, 2.24) is 5.43 Å². The Morgan fingerprint density at radius 3 is 2.43 bits per heavy atom. The van der Waals surface area contributed by atoms with Crippen LogP contribution in [0.15, 0.2) is 12.1 Å². The van der Waals surface area contributed by atoms with Gasteiger partial charge in [0.1, 0.15) is 5.75 Å². The predicted octanol–water partition coefficient (Wildman–Crippen LogP) is 1.70. The summed E-state index contributed by atoms with van der Waals surface area (Å²) in [6, 6.07) is 4.12. The van der Waals surface area contributed by atoms with Crippen molar-refractivity contribution in [2.24, 2.45) is 5.84 Å². The topological polar surface area (TPSA) is 47.3 Å². The summed E-state index contributed by atoms with van der Waals surface area (Å²) in [5, 5.41) is 0. The normalized spacial score (nSPS) is 9.43. The van der Waals surface area contributed by atoms with Gasteiger partial charge in [-0.15, -0.1) is 12.4 Å². The molecule has 0 spiro atoms. The van der Waals surface area contributed by atoms with Gasteiger partial charge in [0.25, 0.3) is 0 Å². The number of halogens is 1. The second-order valence-corrected chi connectivity index (χ2v) is 3.13. The largest absolute Gasteiger partial charge is 0.496 e. The number of nitrogens with two attached hydrogens (primary N) is 1. The maximum absolute atomic E-state index is 5.27. The zero-order valence-corrected chi connectivity index (χ0v) is 9.57. The maximum Gasteiger partial charge on any atom is 0.122 e. The van der Waals surface area contributed by atoms with Gasteiger partial charge in [-0.2, -0.15) is 0 Å². The van der Waals surface area contributed by atoms with Gasteiger partial charge >= 0.3 is 0 Å². The molecular formula is C10H17ClN2O. The molecule has 0 aliphatic rings. The van der Waals surface area contributed by atoms with E-state index in [2.05, 4.69) is 18.4 Å². The van der Waals surface area contributed by atoms with Crippen molar-refractivity contribution in [3.8, 4) is 5.75 Å². The third-order valence-corrected chi connectivity index (χ3v) is 2.15. The summed E-state index contributed by atoms with van der Waals surface area (Å²) < 4.78 is 5.21. The molecule has 3 nitrogen and oxygen atoms in total. The Labute approximate surface area is 91.0 Å². The van der Waals surface area contributed by atoms with Gasteiger partial charge in [-0.1, -0.05) is 6.07 Å². The molecule has 3 N–H and O–H groups in total. The molecule has 1 rings (SSSR count). The molecule has 14 heavy (non-hydrogen) atoms. The van der Waals surface area contributed by atoms with Gasteiger partial charge in [-0.05, 0) is 36.6 Å². The standard InChI is InChI=1S/C10H16N2O.ClH/c1-7-5-10(13-3)8(2)4-9(7)6-12-11;/h4-5,12H,6,11H2,1-3H3;1H. The van der Waals surface area contributed by atoms with Gasteiger partial charge in [0.2, 0.25) is 0 Å². The van der Waals surface area contributed by atoms with E-state index < -0.39 is 0 Å². The average Bonchev–Trinajstić information content (AvgIpc) is 2.11. The third-order valence-electron chi connectivity index (χ3n) is 2.15. The zero-order valence-electron chi connectivity index (χ0n) is 8.76. The fourth-order valence-electron chi connectivity index (χ4n) is 1.37. The van der Waals surface area contributed by atoms with Gasteiger partial charge in [0.05, 0.1) is 7.11 Å². The van der Waals surface area contributed by atoms with Crippen LogP contribution < -0.4 is 16.0 Å². The average molecular weight is 217 g/mol. The minimum Gasteiger partial charge on any atom is -0.496 e. The summed E-state index contributed by atoms with van der Waals surface area (Å²) in [5.74, 6) is 6.20. The predicted molar refractivity (Wildman–Crippen MR) is 60.7 cm³/mol. The Bertz CT molecular complexity index is 302. The van der Waals surface area contributed by atoms with Gasteiger partial charge in [-0.3, -0.25) is 11.3 Å². The lowest BCUT2D eigenvalue weighted by atomic mass is 10.0. The number of ether oxygens (including phenoxy) is 1. The molecule has 0 fully saturated rings. The second-order valence-electron chi connectivity index (χ2n) is 3.13. The Hall–Kier alpha value is -0.770. The summed E-state index contributed by atoms with van der Waals surface area (Å²) in [6.07, 6.45) is 0. The molecule has 0 aliphatic heterocycles. The molecule has 0 saturated carbocycles. The Morgan fingerprint density at radius 1 is 1.29 bits per heavy atom. The van der Waals surface area contributed by atoms with Crippen LogP contribution in [0.2, 0.25) is 0 Å². The van der Waals surface area contributed by atoms with Crippen molar-refractivity contribution in [3.05, 3.63) is 28.8 Å². The fourth-order valence-corrected chi connectivity index (χ4v) is 1.37. The van der Waals surface area contributed by atoms with Crippen LogP contribution in [0.25, 0.3) is 0 Å². The summed E-state index contributed by atoms with van der Waals surface area (Å²) in [6.45, 7) is 4.77. The number of methoxy groups -OCH3 is 1. The summed E-state index contributed by atoms with van der Waals surface area (Å²) in [7, 11) is 1.68. The van der Waals surface area contributed by atoms with Crippen LogP contribution in [0.3, 0.4) is 0 Å². The molecule has 1 aromatic rings. The Balaban J connectivity index is 0.00000169. The van der Waals surface area contributed by atoms with E-state index in [0.29, 0.717) is 6.54 Å². The van der Waals surface area contributed by atoms with Crippen molar-refractivity contribution in [1.29, 1.82) is 0 Å². The van der Waals surface area contributed by atoms with Crippen molar-refractivity contribution < 1.29 is 4.74 Å². The highest BCUT2D eigenvalue weighted by atomic mass is 35.5. The first-order valence-electron chi connectivity index (χ1n) is 4.26. The molecule has 0 aliphatic carbocycles. The van der Waals surface area contributed by atoms with Gasteiger partial charge in [-0.25, -0.2) is 0 Å². The minimum absolute atomic E-state index is 0. The van der Waals surface area contributed by atoms with Crippen LogP contribution in [0.4, 0.5) is 0 Å². The molecule has 0 saturated heterocycles. The molecule has 0 radical (unpaired) electrons. The summed E-state index contributed by atoms with van der Waals surface area (Å²) in [4.78, 5) is 0. The molecule has 80 valence electrons. The van der Waals surface area contributed by atoms with E-state index in [0.717, 1.165) is 11.3 Å². The summed E-state index contributed by atoms with van der Waals surface area (Å²) in [5.41, 5.74) is 6.19. The van der Waals surface area contributed by atoms with Crippen molar-refractivity contribution in [3.63, 3.8) is 0 Å². The first kappa shape index (κ1) is 13.2.